The lowest BCUT2D eigenvalue weighted by molar-refractivity contribution is -0.182. The minimum absolute atomic E-state index is 0.115. The molecule has 5 heterocycles. The van der Waals surface area contributed by atoms with E-state index < -0.39 is 17.5 Å². The molecule has 11 nitrogen and oxygen atoms in total. The van der Waals surface area contributed by atoms with Crippen LogP contribution in [0.15, 0.2) is 42.9 Å². The van der Waals surface area contributed by atoms with Gasteiger partial charge in [0.25, 0.3) is 5.91 Å². The quantitative estimate of drug-likeness (QED) is 0.238. The third kappa shape index (κ3) is 7.09. The van der Waals surface area contributed by atoms with Crippen LogP contribution in [-0.2, 0) is 12.0 Å². The van der Waals surface area contributed by atoms with Crippen LogP contribution in [0.3, 0.4) is 0 Å². The molecule has 14 heteroatoms. The number of anilines is 1. The first kappa shape index (κ1) is 33.6. The third-order valence-corrected chi connectivity index (χ3v) is 9.66. The van der Waals surface area contributed by atoms with Crippen molar-refractivity contribution >= 4 is 11.7 Å². The summed E-state index contributed by atoms with van der Waals surface area (Å²) >= 11 is 0. The number of H-pyrrole nitrogens is 1. The number of nitrogens with one attached hydrogen (secondary N) is 3. The van der Waals surface area contributed by atoms with E-state index in [-0.39, 0.29) is 18.2 Å². The average Bonchev–Trinajstić information content (AvgIpc) is 3.76. The topological polar surface area (TPSA) is 120 Å². The number of carbonyl (C=O) groups is 1. The van der Waals surface area contributed by atoms with Gasteiger partial charge in [-0.2, -0.15) is 23.4 Å². The van der Waals surface area contributed by atoms with E-state index in [9.17, 15) is 18.0 Å². The Balaban J connectivity index is 1.12. The second-order valence-electron chi connectivity index (χ2n) is 13.4. The summed E-state index contributed by atoms with van der Waals surface area (Å²) < 4.78 is 41.8. The molecule has 3 N–H and O–H groups in total. The highest BCUT2D eigenvalue weighted by molar-refractivity contribution is 5.93. The molecule has 0 spiro atoms. The predicted octanol–water partition coefficient (Wildman–Crippen LogP) is 4.56. The highest BCUT2D eigenvalue weighted by Crippen LogP contribution is 2.38. The molecule has 0 bridgehead atoms. The van der Waals surface area contributed by atoms with Crippen molar-refractivity contribution in [3.05, 3.63) is 71.2 Å². The zero-order valence-electron chi connectivity index (χ0n) is 27.9. The van der Waals surface area contributed by atoms with Gasteiger partial charge in [-0.1, -0.05) is 6.07 Å². The van der Waals surface area contributed by atoms with Crippen LogP contribution in [0.25, 0.3) is 16.8 Å². The number of pyridine rings is 1. The molecular formula is C34H43F3N10O. The number of aromatic nitrogens is 6. The maximum absolute atomic E-state index is 13.4. The Morgan fingerprint density at radius 2 is 1.81 bits per heavy atom. The number of amides is 1. The molecule has 1 amide bonds. The van der Waals surface area contributed by atoms with E-state index in [0.717, 1.165) is 92.8 Å². The molecule has 2 aliphatic heterocycles. The van der Waals surface area contributed by atoms with Gasteiger partial charge < -0.3 is 15.5 Å². The van der Waals surface area contributed by atoms with Crippen LogP contribution < -0.4 is 15.5 Å². The Morgan fingerprint density at radius 3 is 2.54 bits per heavy atom. The lowest BCUT2D eigenvalue weighted by Gasteiger charge is -2.38. The van der Waals surface area contributed by atoms with E-state index in [1.165, 1.54) is 25.6 Å². The van der Waals surface area contributed by atoms with Gasteiger partial charge in [0, 0.05) is 45.1 Å². The highest BCUT2D eigenvalue weighted by Gasteiger charge is 2.51. The summed E-state index contributed by atoms with van der Waals surface area (Å²) in [4.78, 5) is 26.6. The maximum Gasteiger partial charge on any atom is 0.401 e. The van der Waals surface area contributed by atoms with Crippen molar-refractivity contribution in [1.29, 1.82) is 0 Å². The van der Waals surface area contributed by atoms with Crippen LogP contribution in [0.1, 0.15) is 59.8 Å². The predicted molar refractivity (Wildman–Crippen MR) is 177 cm³/mol. The second kappa shape index (κ2) is 13.7. The number of hydrogen-bond donors (Lipinski definition) is 3. The molecule has 2 fully saturated rings. The minimum atomic E-state index is -4.51. The number of piperazine rings is 1. The molecule has 6 rings (SSSR count). The van der Waals surface area contributed by atoms with Crippen molar-refractivity contribution in [2.45, 2.75) is 58.7 Å². The average molecular weight is 665 g/mol. The van der Waals surface area contributed by atoms with Gasteiger partial charge in [-0.05, 0) is 100.0 Å². The molecule has 0 atom stereocenters. The molecule has 48 heavy (non-hydrogen) atoms. The summed E-state index contributed by atoms with van der Waals surface area (Å²) in [5, 5.41) is 16.8. The highest BCUT2D eigenvalue weighted by atomic mass is 19.4. The molecule has 3 aromatic heterocycles. The minimum Gasteiger partial charge on any atom is -0.354 e. The summed E-state index contributed by atoms with van der Waals surface area (Å²) in [5.74, 6) is 1.06. The fraction of sp³-hybridized carbons (Fsp3) is 0.500. The fourth-order valence-corrected chi connectivity index (χ4v) is 6.48. The molecule has 0 unspecified atom stereocenters. The summed E-state index contributed by atoms with van der Waals surface area (Å²) in [6.07, 6.45) is 2.97. The molecule has 0 radical (unpaired) electrons. The van der Waals surface area contributed by atoms with Gasteiger partial charge >= 0.3 is 6.18 Å². The molecule has 0 saturated carbocycles. The van der Waals surface area contributed by atoms with Gasteiger partial charge in [0.15, 0.2) is 5.82 Å². The molecule has 1 aromatic carbocycles. The van der Waals surface area contributed by atoms with Crippen molar-refractivity contribution < 1.29 is 18.0 Å². The lowest BCUT2D eigenvalue weighted by Crippen LogP contribution is -2.48. The molecule has 256 valence electrons. The monoisotopic (exact) mass is 664 g/mol. The smallest absolute Gasteiger partial charge is 0.354 e. The number of nitrogens with zero attached hydrogens (tertiary/aromatic N) is 7. The van der Waals surface area contributed by atoms with E-state index in [2.05, 4.69) is 53.7 Å². The van der Waals surface area contributed by atoms with Crippen molar-refractivity contribution in [2.75, 3.05) is 50.7 Å². The van der Waals surface area contributed by atoms with Gasteiger partial charge in [0.1, 0.15) is 17.1 Å². The number of aromatic amines is 1. The number of hydrogen-bond acceptors (Lipinski definition) is 8. The van der Waals surface area contributed by atoms with Gasteiger partial charge in [-0.25, -0.2) is 14.6 Å². The lowest BCUT2D eigenvalue weighted by atomic mass is 9.92. The SMILES string of the molecule is Cc1ccc(-n2cc(C(=O)NCc3nc(C(C)(C)C(F)(F)F)n[nH]3)cn2)c(C)c1-c1ccnc(N2CCN(CC3CCNCC3)CC2)c1. The van der Waals surface area contributed by atoms with E-state index >= 15 is 0 Å². The Kier molecular flexibility index (Phi) is 9.57. The summed E-state index contributed by atoms with van der Waals surface area (Å²) in [5.41, 5.74) is 3.19. The Bertz CT molecular complexity index is 1730. The Morgan fingerprint density at radius 1 is 1.06 bits per heavy atom. The number of carbonyl (C=O) groups excluding carboxylic acids is 1. The van der Waals surface area contributed by atoms with E-state index in [1.54, 1.807) is 10.9 Å². The zero-order valence-corrected chi connectivity index (χ0v) is 27.9. The number of alkyl halides is 3. The Hall–Kier alpha value is -4.30. The van der Waals surface area contributed by atoms with Crippen LogP contribution in [0.5, 0.6) is 0 Å². The van der Waals surface area contributed by atoms with Crippen molar-refractivity contribution in [1.82, 2.24) is 45.5 Å². The largest absolute Gasteiger partial charge is 0.401 e. The number of piperidine rings is 1. The number of benzene rings is 1. The van der Waals surface area contributed by atoms with Crippen LogP contribution >= 0.6 is 0 Å². The molecule has 0 aliphatic carbocycles. The van der Waals surface area contributed by atoms with E-state index in [4.69, 9.17) is 4.98 Å². The van der Waals surface area contributed by atoms with Crippen LogP contribution in [-0.4, -0.2) is 92.7 Å². The van der Waals surface area contributed by atoms with Crippen LogP contribution in [0.2, 0.25) is 0 Å². The first-order chi connectivity index (χ1) is 22.9. The molecule has 4 aromatic rings. The fourth-order valence-electron chi connectivity index (χ4n) is 6.48. The van der Waals surface area contributed by atoms with Crippen LogP contribution in [0, 0.1) is 19.8 Å². The van der Waals surface area contributed by atoms with Crippen LogP contribution in [0.4, 0.5) is 19.0 Å². The van der Waals surface area contributed by atoms with Gasteiger partial charge in [0.05, 0.1) is 24.0 Å². The van der Waals surface area contributed by atoms with E-state index in [0.29, 0.717) is 5.56 Å². The first-order valence-corrected chi connectivity index (χ1v) is 16.5. The normalized spacial score (nSPS) is 16.8. The van der Waals surface area contributed by atoms with E-state index in [1.807, 2.05) is 31.3 Å². The second-order valence-corrected chi connectivity index (χ2v) is 13.4. The third-order valence-electron chi connectivity index (χ3n) is 9.66. The molecule has 2 saturated heterocycles. The van der Waals surface area contributed by atoms with Gasteiger partial charge in [0.2, 0.25) is 0 Å². The molecule has 2 aliphatic rings. The first-order valence-electron chi connectivity index (χ1n) is 16.5. The number of aryl methyl sites for hydroxylation is 1. The summed E-state index contributed by atoms with van der Waals surface area (Å²) in [6, 6.07) is 8.21. The number of halogens is 3. The maximum atomic E-state index is 13.4. The number of rotatable bonds is 9. The standard InChI is InChI=1S/C34H43F3N10O/c1-22-5-6-27(47-21-26(18-41-47)31(48)40-19-28-42-32(44-43-28)33(3,4)34(35,36)37)23(2)30(22)25-9-12-39-29(17-25)46-15-13-45(14-16-46)20-24-7-10-38-11-8-24/h5-6,9,12,17-18,21,24,38H,7-8,10-11,13-16,19-20H2,1-4H3,(H,40,48)(H,42,43,44). The zero-order chi connectivity index (χ0) is 34.1. The summed E-state index contributed by atoms with van der Waals surface area (Å²) in [6.45, 7) is 13.4. The van der Waals surface area contributed by atoms with Crippen molar-refractivity contribution in [2.24, 2.45) is 5.92 Å². The van der Waals surface area contributed by atoms with Crippen molar-refractivity contribution in [3.63, 3.8) is 0 Å². The molecular weight excluding hydrogens is 621 g/mol. The Labute approximate surface area is 278 Å². The van der Waals surface area contributed by atoms with Crippen molar-refractivity contribution in [3.8, 4) is 16.8 Å². The summed E-state index contributed by atoms with van der Waals surface area (Å²) in [7, 11) is 0. The van der Waals surface area contributed by atoms with Gasteiger partial charge in [-0.15, -0.1) is 0 Å². The van der Waals surface area contributed by atoms with Gasteiger partial charge in [-0.3, -0.25) is 14.8 Å².